The van der Waals surface area contributed by atoms with Gasteiger partial charge in [-0.3, -0.25) is 4.79 Å². The molecular formula is C25H22O9S. The second-order valence-corrected chi connectivity index (χ2v) is 8.82. The quantitative estimate of drug-likeness (QED) is 0.335. The third-order valence-corrected chi connectivity index (χ3v) is 6.44. The van der Waals surface area contributed by atoms with Gasteiger partial charge in [-0.15, -0.1) is 0 Å². The second-order valence-electron chi connectivity index (χ2n) is 7.27. The Bertz CT molecular complexity index is 1380. The Morgan fingerprint density at radius 2 is 1.40 bits per heavy atom. The number of methoxy groups -OCH3 is 4. The maximum Gasteiger partial charge on any atom is 0.339 e. The average molecular weight is 499 g/mol. The van der Waals surface area contributed by atoms with Crippen LogP contribution in [0.5, 0.6) is 34.5 Å². The van der Waals surface area contributed by atoms with Gasteiger partial charge in [-0.2, -0.15) is 8.42 Å². The first-order valence-electron chi connectivity index (χ1n) is 10.3. The molecular weight excluding hydrogens is 476 g/mol. The van der Waals surface area contributed by atoms with Crippen LogP contribution in [0.25, 0.3) is 6.08 Å². The zero-order chi connectivity index (χ0) is 25.2. The second kappa shape index (κ2) is 9.59. The number of carbonyl (C=O) groups is 1. The van der Waals surface area contributed by atoms with Crippen LogP contribution in [0.2, 0.25) is 0 Å². The molecule has 1 aliphatic rings. The molecule has 0 amide bonds. The molecule has 0 atom stereocenters. The van der Waals surface area contributed by atoms with Crippen molar-refractivity contribution in [2.45, 2.75) is 4.90 Å². The predicted octanol–water partition coefficient (Wildman–Crippen LogP) is 4.10. The summed E-state index contributed by atoms with van der Waals surface area (Å²) < 4.78 is 57.3. The Balaban J connectivity index is 1.60. The van der Waals surface area contributed by atoms with Crippen LogP contribution in [-0.2, 0) is 10.1 Å². The third-order valence-electron chi connectivity index (χ3n) is 5.18. The van der Waals surface area contributed by atoms with Gasteiger partial charge in [0.2, 0.25) is 11.5 Å². The Morgan fingerprint density at radius 3 is 1.97 bits per heavy atom. The van der Waals surface area contributed by atoms with Crippen molar-refractivity contribution in [3.63, 3.8) is 0 Å². The minimum absolute atomic E-state index is 0.00130. The number of ether oxygens (including phenoxy) is 5. The van der Waals surface area contributed by atoms with Gasteiger partial charge in [0.1, 0.15) is 22.1 Å². The van der Waals surface area contributed by atoms with Gasteiger partial charge in [-0.1, -0.05) is 0 Å². The fourth-order valence-corrected chi connectivity index (χ4v) is 4.40. The SMILES string of the molecule is COc1ccc(S(=O)(=O)Oc2ccc3c(c2)O/C(=C/c2cc(OC)c(OC)c(OC)c2)C3=O)cc1. The normalized spacial score (nSPS) is 13.7. The molecule has 9 nitrogen and oxygen atoms in total. The molecule has 182 valence electrons. The average Bonchev–Trinajstić information content (AvgIpc) is 3.17. The van der Waals surface area contributed by atoms with Crippen molar-refractivity contribution >= 4 is 22.0 Å². The van der Waals surface area contributed by atoms with Crippen LogP contribution < -0.4 is 27.9 Å². The highest BCUT2D eigenvalue weighted by Crippen LogP contribution is 2.40. The van der Waals surface area contributed by atoms with Gasteiger partial charge in [-0.25, -0.2) is 0 Å². The molecule has 0 bridgehead atoms. The maximum absolute atomic E-state index is 12.9. The molecule has 0 radical (unpaired) electrons. The van der Waals surface area contributed by atoms with Crippen LogP contribution in [0.3, 0.4) is 0 Å². The number of fused-ring (bicyclic) bond motifs is 1. The third kappa shape index (κ3) is 4.73. The summed E-state index contributed by atoms with van der Waals surface area (Å²) in [5.74, 6) is 1.63. The highest BCUT2D eigenvalue weighted by molar-refractivity contribution is 7.87. The van der Waals surface area contributed by atoms with E-state index in [-0.39, 0.29) is 33.5 Å². The highest BCUT2D eigenvalue weighted by Gasteiger charge is 2.29. The topological polar surface area (TPSA) is 107 Å². The van der Waals surface area contributed by atoms with E-state index >= 15 is 0 Å². The fourth-order valence-electron chi connectivity index (χ4n) is 3.47. The Morgan fingerprint density at radius 1 is 0.771 bits per heavy atom. The molecule has 10 heteroatoms. The fraction of sp³-hybridized carbons (Fsp3) is 0.160. The largest absolute Gasteiger partial charge is 0.497 e. The molecule has 0 spiro atoms. The monoisotopic (exact) mass is 498 g/mol. The van der Waals surface area contributed by atoms with E-state index in [4.69, 9.17) is 27.9 Å². The molecule has 0 fully saturated rings. The lowest BCUT2D eigenvalue weighted by atomic mass is 10.1. The van der Waals surface area contributed by atoms with Crippen LogP contribution in [0.4, 0.5) is 0 Å². The van der Waals surface area contributed by atoms with Crippen molar-refractivity contribution in [1.82, 2.24) is 0 Å². The van der Waals surface area contributed by atoms with Gasteiger partial charge in [-0.05, 0) is 60.2 Å². The van der Waals surface area contributed by atoms with Gasteiger partial charge < -0.3 is 27.9 Å². The predicted molar refractivity (Wildman–Crippen MR) is 126 cm³/mol. The van der Waals surface area contributed by atoms with Crippen LogP contribution in [0, 0.1) is 0 Å². The van der Waals surface area contributed by atoms with Crippen molar-refractivity contribution in [3.8, 4) is 34.5 Å². The highest BCUT2D eigenvalue weighted by atomic mass is 32.2. The molecule has 0 saturated heterocycles. The maximum atomic E-state index is 12.9. The first kappa shape index (κ1) is 24.0. The molecule has 0 unspecified atom stereocenters. The van der Waals surface area contributed by atoms with E-state index in [0.717, 1.165) is 0 Å². The van der Waals surface area contributed by atoms with Crippen molar-refractivity contribution in [2.24, 2.45) is 0 Å². The Kier molecular flexibility index (Phi) is 6.57. The zero-order valence-corrected chi connectivity index (χ0v) is 20.2. The van der Waals surface area contributed by atoms with E-state index in [1.807, 2.05) is 0 Å². The first-order chi connectivity index (χ1) is 16.8. The number of hydrogen-bond acceptors (Lipinski definition) is 9. The van der Waals surface area contributed by atoms with Gasteiger partial charge in [0, 0.05) is 6.07 Å². The molecule has 4 rings (SSSR count). The summed E-state index contributed by atoms with van der Waals surface area (Å²) in [6, 6.07) is 13.3. The van der Waals surface area contributed by atoms with Gasteiger partial charge in [0.15, 0.2) is 17.3 Å². The van der Waals surface area contributed by atoms with Gasteiger partial charge >= 0.3 is 10.1 Å². The molecule has 1 aliphatic heterocycles. The number of hydrogen-bond donors (Lipinski definition) is 0. The smallest absolute Gasteiger partial charge is 0.339 e. The lowest BCUT2D eigenvalue weighted by molar-refractivity contribution is 0.101. The molecule has 3 aromatic carbocycles. The van der Waals surface area contributed by atoms with E-state index in [1.165, 1.54) is 77.0 Å². The first-order valence-corrected chi connectivity index (χ1v) is 11.7. The van der Waals surface area contributed by atoms with Gasteiger partial charge in [0.05, 0.1) is 34.0 Å². The summed E-state index contributed by atoms with van der Waals surface area (Å²) in [4.78, 5) is 12.8. The molecule has 3 aromatic rings. The molecule has 0 aromatic heterocycles. The summed E-state index contributed by atoms with van der Waals surface area (Å²) in [7, 11) is 1.85. The molecule has 0 aliphatic carbocycles. The van der Waals surface area contributed by atoms with E-state index in [0.29, 0.717) is 28.6 Å². The number of benzene rings is 3. The van der Waals surface area contributed by atoms with Crippen molar-refractivity contribution in [1.29, 1.82) is 0 Å². The lowest BCUT2D eigenvalue weighted by Crippen LogP contribution is -2.09. The lowest BCUT2D eigenvalue weighted by Gasteiger charge is -2.13. The summed E-state index contributed by atoms with van der Waals surface area (Å²) in [5.41, 5.74) is 0.854. The van der Waals surface area contributed by atoms with Crippen molar-refractivity contribution < 1.29 is 41.1 Å². The Labute approximate surface area is 202 Å². The van der Waals surface area contributed by atoms with Crippen LogP contribution in [0.1, 0.15) is 15.9 Å². The Hall–Kier alpha value is -4.18. The van der Waals surface area contributed by atoms with E-state index in [9.17, 15) is 13.2 Å². The molecule has 0 saturated carbocycles. The number of Topliss-reactive ketones (excluding diaryl/α,β-unsaturated/α-hetero) is 1. The number of allylic oxidation sites excluding steroid dienone is 1. The zero-order valence-electron chi connectivity index (χ0n) is 19.4. The van der Waals surface area contributed by atoms with E-state index in [1.54, 1.807) is 12.1 Å². The number of ketones is 1. The number of rotatable bonds is 8. The number of carbonyl (C=O) groups excluding carboxylic acids is 1. The van der Waals surface area contributed by atoms with Crippen molar-refractivity contribution in [2.75, 3.05) is 28.4 Å². The van der Waals surface area contributed by atoms with Crippen LogP contribution >= 0.6 is 0 Å². The summed E-state index contributed by atoms with van der Waals surface area (Å²) in [6.45, 7) is 0. The van der Waals surface area contributed by atoms with E-state index < -0.39 is 10.1 Å². The molecule has 35 heavy (non-hydrogen) atoms. The van der Waals surface area contributed by atoms with Crippen LogP contribution in [0.15, 0.2) is 65.3 Å². The summed E-state index contributed by atoms with van der Waals surface area (Å²) in [6.07, 6.45) is 1.53. The van der Waals surface area contributed by atoms with E-state index in [2.05, 4.69) is 0 Å². The standard InChI is InChI=1S/C25H22O9S/c1-29-16-5-8-18(9-6-16)35(27,28)34-17-7-10-19-20(14-17)33-21(24(19)26)11-15-12-22(30-2)25(32-4)23(13-15)31-3/h5-14H,1-4H3/b21-11+. The summed E-state index contributed by atoms with van der Waals surface area (Å²) >= 11 is 0. The van der Waals surface area contributed by atoms with Crippen LogP contribution in [-0.4, -0.2) is 42.6 Å². The van der Waals surface area contributed by atoms with Crippen molar-refractivity contribution in [3.05, 3.63) is 71.5 Å². The molecule has 0 N–H and O–H groups in total. The van der Waals surface area contributed by atoms with Gasteiger partial charge in [0.25, 0.3) is 0 Å². The molecule has 1 heterocycles. The minimum atomic E-state index is -4.10. The minimum Gasteiger partial charge on any atom is -0.497 e. The summed E-state index contributed by atoms with van der Waals surface area (Å²) in [5, 5.41) is 0.